The fraction of sp³-hybridized carbons (Fsp3) is 0. The predicted octanol–water partition coefficient (Wildman–Crippen LogP) is 7.02. The van der Waals surface area contributed by atoms with Gasteiger partial charge in [0.2, 0.25) is 5.89 Å². The van der Waals surface area contributed by atoms with Crippen LogP contribution in [0.2, 0.25) is 10.0 Å². The molecule has 0 radical (unpaired) electrons. The molecule has 7 heteroatoms. The monoisotopic (exact) mass is 460 g/mol. The molecule has 3 aromatic carbocycles. The first-order valence-corrected chi connectivity index (χ1v) is 9.43. The van der Waals surface area contributed by atoms with Gasteiger partial charge in [-0.3, -0.25) is 4.99 Å². The molecule has 0 saturated carbocycles. The van der Waals surface area contributed by atoms with Gasteiger partial charge >= 0.3 is 0 Å². The first-order chi connectivity index (χ1) is 13.0. The van der Waals surface area contributed by atoms with E-state index in [1.165, 1.54) is 0 Å². The molecule has 0 bridgehead atoms. The largest absolute Gasteiger partial charge is 0.507 e. The first-order valence-electron chi connectivity index (χ1n) is 7.88. The lowest BCUT2D eigenvalue weighted by atomic mass is 10.2. The van der Waals surface area contributed by atoms with E-state index in [0.717, 1.165) is 10.0 Å². The highest BCUT2D eigenvalue weighted by molar-refractivity contribution is 9.10. The van der Waals surface area contributed by atoms with Gasteiger partial charge in [-0.25, -0.2) is 4.98 Å². The molecule has 4 nitrogen and oxygen atoms in total. The van der Waals surface area contributed by atoms with Crippen LogP contribution >= 0.6 is 39.1 Å². The molecular formula is C20H11BrCl2N2O2. The van der Waals surface area contributed by atoms with E-state index in [0.29, 0.717) is 38.3 Å². The molecule has 0 aliphatic carbocycles. The Morgan fingerprint density at radius 2 is 1.85 bits per heavy atom. The van der Waals surface area contributed by atoms with Gasteiger partial charge in [0.15, 0.2) is 5.58 Å². The fourth-order valence-electron chi connectivity index (χ4n) is 2.52. The lowest BCUT2D eigenvalue weighted by molar-refractivity contribution is 0.474. The van der Waals surface area contributed by atoms with E-state index in [4.69, 9.17) is 27.6 Å². The zero-order valence-electron chi connectivity index (χ0n) is 13.7. The second kappa shape index (κ2) is 7.35. The summed E-state index contributed by atoms with van der Waals surface area (Å²) in [6.07, 6.45) is 1.60. The van der Waals surface area contributed by atoms with E-state index < -0.39 is 0 Å². The van der Waals surface area contributed by atoms with Crippen molar-refractivity contribution in [3.63, 3.8) is 0 Å². The van der Waals surface area contributed by atoms with Gasteiger partial charge in [0.25, 0.3) is 0 Å². The van der Waals surface area contributed by atoms with Gasteiger partial charge in [0, 0.05) is 21.8 Å². The lowest BCUT2D eigenvalue weighted by Crippen LogP contribution is -1.82. The maximum absolute atomic E-state index is 9.90. The number of fused-ring (bicyclic) bond motifs is 1. The summed E-state index contributed by atoms with van der Waals surface area (Å²) in [7, 11) is 0. The topological polar surface area (TPSA) is 58.6 Å². The number of benzene rings is 3. The van der Waals surface area contributed by atoms with Crippen LogP contribution in [0.5, 0.6) is 5.75 Å². The molecule has 134 valence electrons. The Bertz CT molecular complexity index is 1190. The number of halogens is 3. The van der Waals surface area contributed by atoms with Crippen molar-refractivity contribution in [1.29, 1.82) is 0 Å². The standard InChI is InChI=1S/C20H11BrCl2N2O2/c21-13-2-5-18(26)12(7-13)10-24-14-3-6-19-17(9-14)25-20(27-19)11-1-4-15(22)16(23)8-11/h1-10,26H. The number of phenols is 1. The van der Waals surface area contributed by atoms with Crippen molar-refractivity contribution in [1.82, 2.24) is 4.98 Å². The smallest absolute Gasteiger partial charge is 0.227 e. The van der Waals surface area contributed by atoms with E-state index in [-0.39, 0.29) is 5.75 Å². The third-order valence-corrected chi connectivity index (χ3v) is 5.11. The zero-order chi connectivity index (χ0) is 19.0. The summed E-state index contributed by atoms with van der Waals surface area (Å²) in [4.78, 5) is 8.91. The molecule has 1 N–H and O–H groups in total. The third kappa shape index (κ3) is 3.86. The predicted molar refractivity (Wildman–Crippen MR) is 113 cm³/mol. The van der Waals surface area contributed by atoms with Crippen LogP contribution in [0.25, 0.3) is 22.6 Å². The van der Waals surface area contributed by atoms with Crippen LogP contribution in [0.15, 0.2) is 68.5 Å². The molecule has 0 saturated heterocycles. The van der Waals surface area contributed by atoms with Crippen LogP contribution in [0, 0.1) is 0 Å². The maximum atomic E-state index is 9.90. The Labute approximate surface area is 173 Å². The molecule has 0 aliphatic heterocycles. The lowest BCUT2D eigenvalue weighted by Gasteiger charge is -1.99. The average Bonchev–Trinajstić information content (AvgIpc) is 3.08. The Morgan fingerprint density at radius 1 is 1.00 bits per heavy atom. The van der Waals surface area contributed by atoms with Crippen molar-refractivity contribution in [3.8, 4) is 17.2 Å². The van der Waals surface area contributed by atoms with Crippen molar-refractivity contribution >= 4 is 62.1 Å². The van der Waals surface area contributed by atoms with Crippen molar-refractivity contribution < 1.29 is 9.52 Å². The van der Waals surface area contributed by atoms with Crippen LogP contribution < -0.4 is 0 Å². The molecule has 0 aliphatic rings. The van der Waals surface area contributed by atoms with Gasteiger partial charge in [0.1, 0.15) is 11.3 Å². The van der Waals surface area contributed by atoms with Crippen LogP contribution in [0.4, 0.5) is 5.69 Å². The molecule has 1 aromatic heterocycles. The summed E-state index contributed by atoms with van der Waals surface area (Å²) < 4.78 is 6.65. The van der Waals surface area contributed by atoms with Crippen molar-refractivity contribution in [3.05, 3.63) is 74.7 Å². The number of hydrogen-bond acceptors (Lipinski definition) is 4. The number of aromatic nitrogens is 1. The molecule has 4 rings (SSSR count). The summed E-state index contributed by atoms with van der Waals surface area (Å²) in [6, 6.07) is 15.8. The zero-order valence-corrected chi connectivity index (χ0v) is 16.8. The normalized spacial score (nSPS) is 11.5. The molecule has 27 heavy (non-hydrogen) atoms. The molecule has 0 spiro atoms. The van der Waals surface area contributed by atoms with Crippen LogP contribution in [0.1, 0.15) is 5.56 Å². The quantitative estimate of drug-likeness (QED) is 0.333. The second-order valence-electron chi connectivity index (χ2n) is 5.76. The second-order valence-corrected chi connectivity index (χ2v) is 7.49. The third-order valence-electron chi connectivity index (χ3n) is 3.88. The van der Waals surface area contributed by atoms with Gasteiger partial charge in [-0.1, -0.05) is 39.1 Å². The van der Waals surface area contributed by atoms with Crippen LogP contribution in [0.3, 0.4) is 0 Å². The van der Waals surface area contributed by atoms with Crippen molar-refractivity contribution in [2.24, 2.45) is 4.99 Å². The SMILES string of the molecule is Oc1ccc(Br)cc1C=Nc1ccc2oc(-c3ccc(Cl)c(Cl)c3)nc2c1. The Morgan fingerprint density at radius 3 is 2.67 bits per heavy atom. The Balaban J connectivity index is 1.67. The number of aromatic hydroxyl groups is 1. The van der Waals surface area contributed by atoms with E-state index in [9.17, 15) is 5.11 Å². The van der Waals surface area contributed by atoms with Crippen LogP contribution in [-0.2, 0) is 0 Å². The number of rotatable bonds is 3. The maximum Gasteiger partial charge on any atom is 0.227 e. The van der Waals surface area contributed by atoms with Gasteiger partial charge < -0.3 is 9.52 Å². The highest BCUT2D eigenvalue weighted by atomic mass is 79.9. The Kier molecular flexibility index (Phi) is 4.91. The molecule has 0 atom stereocenters. The van der Waals surface area contributed by atoms with E-state index in [1.807, 2.05) is 12.1 Å². The van der Waals surface area contributed by atoms with E-state index in [1.54, 1.807) is 48.7 Å². The van der Waals surface area contributed by atoms with Crippen molar-refractivity contribution in [2.75, 3.05) is 0 Å². The van der Waals surface area contributed by atoms with Gasteiger partial charge in [0.05, 0.1) is 15.7 Å². The molecule has 0 fully saturated rings. The number of nitrogens with zero attached hydrogens (tertiary/aromatic N) is 2. The first kappa shape index (κ1) is 18.0. The number of phenolic OH excluding ortho intramolecular Hbond substituents is 1. The van der Waals surface area contributed by atoms with Crippen LogP contribution in [-0.4, -0.2) is 16.3 Å². The van der Waals surface area contributed by atoms with Gasteiger partial charge in [-0.2, -0.15) is 0 Å². The molecule has 0 unspecified atom stereocenters. The van der Waals surface area contributed by atoms with Gasteiger partial charge in [-0.15, -0.1) is 0 Å². The average molecular weight is 462 g/mol. The van der Waals surface area contributed by atoms with E-state index >= 15 is 0 Å². The molecule has 1 heterocycles. The molecule has 4 aromatic rings. The number of oxazole rings is 1. The number of aliphatic imine (C=N–C) groups is 1. The number of hydrogen-bond donors (Lipinski definition) is 1. The summed E-state index contributed by atoms with van der Waals surface area (Å²) in [5, 5.41) is 10.8. The Hall–Kier alpha value is -2.34. The minimum atomic E-state index is 0.159. The minimum Gasteiger partial charge on any atom is -0.507 e. The summed E-state index contributed by atoms with van der Waals surface area (Å²) in [6.45, 7) is 0. The summed E-state index contributed by atoms with van der Waals surface area (Å²) in [5.74, 6) is 0.612. The molecule has 0 amide bonds. The highest BCUT2D eigenvalue weighted by Crippen LogP contribution is 2.31. The summed E-state index contributed by atoms with van der Waals surface area (Å²) >= 11 is 15.4. The summed E-state index contributed by atoms with van der Waals surface area (Å²) in [5.41, 5.74) is 3.35. The highest BCUT2D eigenvalue weighted by Gasteiger charge is 2.10. The van der Waals surface area contributed by atoms with Gasteiger partial charge in [-0.05, 0) is 54.6 Å². The fourth-order valence-corrected chi connectivity index (χ4v) is 3.20. The van der Waals surface area contributed by atoms with Crippen molar-refractivity contribution in [2.45, 2.75) is 0 Å². The van der Waals surface area contributed by atoms with E-state index in [2.05, 4.69) is 25.9 Å². The molecular weight excluding hydrogens is 451 g/mol. The minimum absolute atomic E-state index is 0.159.